The van der Waals surface area contributed by atoms with E-state index in [9.17, 15) is 14.7 Å². The molecule has 0 aliphatic rings. The first kappa shape index (κ1) is 17.3. The van der Waals surface area contributed by atoms with Crippen molar-refractivity contribution in [3.63, 3.8) is 0 Å². The molecule has 0 unspecified atom stereocenters. The van der Waals surface area contributed by atoms with E-state index in [1.54, 1.807) is 6.20 Å². The maximum absolute atomic E-state index is 12.0. The van der Waals surface area contributed by atoms with Gasteiger partial charge in [0.1, 0.15) is 11.6 Å². The molecule has 7 heteroatoms. The average molecular weight is 329 g/mol. The van der Waals surface area contributed by atoms with E-state index in [4.69, 9.17) is 5.11 Å². The molecule has 7 nitrogen and oxygen atoms in total. The number of nitrogens with one attached hydrogen (secondary N) is 2. The molecular formula is C17H19N3O4. The van der Waals surface area contributed by atoms with Crippen LogP contribution in [0.4, 0.5) is 5.82 Å². The average Bonchev–Trinajstić information content (AvgIpc) is 2.55. The monoisotopic (exact) mass is 329 g/mol. The van der Waals surface area contributed by atoms with Crippen LogP contribution < -0.4 is 10.6 Å². The second kappa shape index (κ2) is 7.96. The van der Waals surface area contributed by atoms with E-state index >= 15 is 0 Å². The summed E-state index contributed by atoms with van der Waals surface area (Å²) in [6.45, 7) is 3.01. The second-order valence-corrected chi connectivity index (χ2v) is 5.33. The molecule has 0 aliphatic carbocycles. The molecule has 126 valence electrons. The van der Waals surface area contributed by atoms with Gasteiger partial charge in [-0.25, -0.2) is 9.78 Å². The first-order chi connectivity index (χ1) is 11.5. The largest absolute Gasteiger partial charge is 0.508 e. The van der Waals surface area contributed by atoms with Crippen LogP contribution in [-0.2, 0) is 0 Å². The van der Waals surface area contributed by atoms with Gasteiger partial charge in [-0.2, -0.15) is 0 Å². The number of aromatic nitrogens is 1. The Morgan fingerprint density at radius 3 is 2.54 bits per heavy atom. The summed E-state index contributed by atoms with van der Waals surface area (Å²) in [6.07, 6.45) is 2.44. The molecule has 0 radical (unpaired) electrons. The quantitative estimate of drug-likeness (QED) is 0.578. The van der Waals surface area contributed by atoms with Gasteiger partial charge in [-0.15, -0.1) is 0 Å². The molecule has 24 heavy (non-hydrogen) atoms. The van der Waals surface area contributed by atoms with Gasteiger partial charge < -0.3 is 20.8 Å². The van der Waals surface area contributed by atoms with E-state index in [0.717, 1.165) is 17.4 Å². The number of aryl methyl sites for hydroxylation is 1. The molecule has 1 aromatic heterocycles. The number of carbonyl (C=O) groups is 2. The molecule has 0 aliphatic heterocycles. The molecule has 1 aromatic carbocycles. The number of phenolic OH excluding ortho intramolecular Hbond substituents is 1. The molecule has 1 amide bonds. The lowest BCUT2D eigenvalue weighted by Crippen LogP contribution is -2.26. The number of aromatic carboxylic acids is 1. The van der Waals surface area contributed by atoms with Crippen LogP contribution in [0.25, 0.3) is 0 Å². The van der Waals surface area contributed by atoms with E-state index in [0.29, 0.717) is 19.5 Å². The summed E-state index contributed by atoms with van der Waals surface area (Å²) < 4.78 is 0. The molecule has 1 heterocycles. The van der Waals surface area contributed by atoms with Crippen molar-refractivity contribution in [3.8, 4) is 5.75 Å². The molecule has 2 aromatic rings. The number of nitrogens with zero attached hydrogens (tertiary/aromatic N) is 1. The van der Waals surface area contributed by atoms with Crippen molar-refractivity contribution in [3.05, 3.63) is 53.2 Å². The van der Waals surface area contributed by atoms with Crippen LogP contribution in [0.1, 0.15) is 32.7 Å². The topological polar surface area (TPSA) is 112 Å². The number of aromatic hydroxyl groups is 1. The molecule has 0 saturated heterocycles. The predicted molar refractivity (Wildman–Crippen MR) is 89.5 cm³/mol. The van der Waals surface area contributed by atoms with Gasteiger partial charge >= 0.3 is 5.97 Å². The number of carboxylic acids is 1. The summed E-state index contributed by atoms with van der Waals surface area (Å²) in [5.74, 6) is -1.12. The third kappa shape index (κ3) is 4.98. The van der Waals surface area contributed by atoms with Crippen molar-refractivity contribution >= 4 is 17.7 Å². The third-order valence-electron chi connectivity index (χ3n) is 3.28. The molecular weight excluding hydrogens is 310 g/mol. The minimum Gasteiger partial charge on any atom is -0.508 e. The smallest absolute Gasteiger partial charge is 0.335 e. The standard InChI is InChI=1S/C17H19N3O4/c1-11-3-4-15(20-10-11)18-5-2-6-19-16(22)12-7-13(17(23)24)9-14(21)8-12/h3-4,7-10,21H,2,5-6H2,1H3,(H,18,20)(H,19,22)(H,23,24). The molecule has 0 fully saturated rings. The van der Waals surface area contributed by atoms with Gasteiger partial charge in [0, 0.05) is 24.8 Å². The molecule has 2 rings (SSSR count). The molecule has 0 bridgehead atoms. The number of anilines is 1. The van der Waals surface area contributed by atoms with Gasteiger partial charge in [-0.05, 0) is 43.2 Å². The first-order valence-electron chi connectivity index (χ1n) is 7.48. The summed E-state index contributed by atoms with van der Waals surface area (Å²) in [5, 5.41) is 24.2. The Hall–Kier alpha value is -3.09. The summed E-state index contributed by atoms with van der Waals surface area (Å²) in [4.78, 5) is 27.1. The van der Waals surface area contributed by atoms with Gasteiger partial charge in [0.25, 0.3) is 5.91 Å². The molecule has 0 saturated carbocycles. The highest BCUT2D eigenvalue weighted by Crippen LogP contribution is 2.15. The van der Waals surface area contributed by atoms with Crippen LogP contribution in [0.5, 0.6) is 5.75 Å². The Balaban J connectivity index is 1.79. The zero-order valence-electron chi connectivity index (χ0n) is 13.2. The van der Waals surface area contributed by atoms with Crippen molar-refractivity contribution in [2.24, 2.45) is 0 Å². The van der Waals surface area contributed by atoms with Crippen molar-refractivity contribution in [2.75, 3.05) is 18.4 Å². The maximum Gasteiger partial charge on any atom is 0.335 e. The van der Waals surface area contributed by atoms with Crippen LogP contribution >= 0.6 is 0 Å². The Kier molecular flexibility index (Phi) is 5.73. The number of hydrogen-bond acceptors (Lipinski definition) is 5. The Bertz CT molecular complexity index is 729. The van der Waals surface area contributed by atoms with Gasteiger partial charge in [0.2, 0.25) is 0 Å². The number of rotatable bonds is 7. The fourth-order valence-electron chi connectivity index (χ4n) is 2.05. The van der Waals surface area contributed by atoms with Crippen LogP contribution in [0, 0.1) is 6.92 Å². The summed E-state index contributed by atoms with van der Waals surface area (Å²) in [5.41, 5.74) is 1.06. The van der Waals surface area contributed by atoms with Gasteiger partial charge in [0.15, 0.2) is 0 Å². The van der Waals surface area contributed by atoms with Crippen LogP contribution in [0.3, 0.4) is 0 Å². The predicted octanol–water partition coefficient (Wildman–Crippen LogP) is 2.03. The lowest BCUT2D eigenvalue weighted by molar-refractivity contribution is 0.0696. The van der Waals surface area contributed by atoms with E-state index in [-0.39, 0.29) is 16.9 Å². The van der Waals surface area contributed by atoms with Crippen LogP contribution in [0.15, 0.2) is 36.5 Å². The third-order valence-corrected chi connectivity index (χ3v) is 3.28. The van der Waals surface area contributed by atoms with Crippen molar-refractivity contribution < 1.29 is 19.8 Å². The number of benzene rings is 1. The van der Waals surface area contributed by atoms with E-state index < -0.39 is 11.9 Å². The highest BCUT2D eigenvalue weighted by Gasteiger charge is 2.11. The zero-order valence-corrected chi connectivity index (χ0v) is 13.2. The van der Waals surface area contributed by atoms with Gasteiger partial charge in [0.05, 0.1) is 5.56 Å². The normalized spacial score (nSPS) is 10.2. The minimum absolute atomic E-state index is 0.112. The van der Waals surface area contributed by atoms with E-state index in [1.807, 2.05) is 19.1 Å². The zero-order chi connectivity index (χ0) is 17.5. The van der Waals surface area contributed by atoms with Crippen LogP contribution in [0.2, 0.25) is 0 Å². The van der Waals surface area contributed by atoms with Gasteiger partial charge in [-0.3, -0.25) is 4.79 Å². The number of pyridine rings is 1. The Labute approximate surface area is 139 Å². The lowest BCUT2D eigenvalue weighted by atomic mass is 10.1. The number of carbonyl (C=O) groups excluding carboxylic acids is 1. The van der Waals surface area contributed by atoms with E-state index in [1.165, 1.54) is 12.1 Å². The summed E-state index contributed by atoms with van der Waals surface area (Å²) >= 11 is 0. The number of hydrogen-bond donors (Lipinski definition) is 4. The molecule has 4 N–H and O–H groups in total. The lowest BCUT2D eigenvalue weighted by Gasteiger charge is -2.08. The van der Waals surface area contributed by atoms with Crippen molar-refractivity contribution in [1.82, 2.24) is 10.3 Å². The summed E-state index contributed by atoms with van der Waals surface area (Å²) in [7, 11) is 0. The summed E-state index contributed by atoms with van der Waals surface area (Å²) in [6, 6.07) is 7.40. The number of phenols is 1. The first-order valence-corrected chi connectivity index (χ1v) is 7.48. The molecule has 0 atom stereocenters. The van der Waals surface area contributed by atoms with Gasteiger partial charge in [-0.1, -0.05) is 6.07 Å². The second-order valence-electron chi connectivity index (χ2n) is 5.33. The minimum atomic E-state index is -1.20. The maximum atomic E-state index is 12.0. The number of amides is 1. The SMILES string of the molecule is Cc1ccc(NCCCNC(=O)c2cc(O)cc(C(=O)O)c2)nc1. The number of carboxylic acid groups (broad SMARTS) is 1. The van der Waals surface area contributed by atoms with E-state index in [2.05, 4.69) is 15.6 Å². The molecule has 0 spiro atoms. The fourth-order valence-corrected chi connectivity index (χ4v) is 2.05. The highest BCUT2D eigenvalue weighted by molar-refractivity contribution is 5.98. The van der Waals surface area contributed by atoms with Crippen molar-refractivity contribution in [1.29, 1.82) is 0 Å². The van der Waals surface area contributed by atoms with Crippen molar-refractivity contribution in [2.45, 2.75) is 13.3 Å². The Morgan fingerprint density at radius 1 is 1.12 bits per heavy atom. The highest BCUT2D eigenvalue weighted by atomic mass is 16.4. The van der Waals surface area contributed by atoms with Crippen LogP contribution in [-0.4, -0.2) is 40.2 Å². The fraction of sp³-hybridized carbons (Fsp3) is 0.235. The Morgan fingerprint density at radius 2 is 1.88 bits per heavy atom.